The molecule has 0 aliphatic carbocycles. The average molecular weight is 409 g/mol. The normalized spacial score (nSPS) is 14.7. The lowest BCUT2D eigenvalue weighted by Crippen LogP contribution is -2.41. The number of amides is 1. The number of piperidine rings is 1. The van der Waals surface area contributed by atoms with Gasteiger partial charge in [-0.1, -0.05) is 12.1 Å². The number of carbonyl (C=O) groups is 1. The van der Waals surface area contributed by atoms with Gasteiger partial charge in [-0.3, -0.25) is 9.20 Å². The molecular formula is C22H27N5O3. The lowest BCUT2D eigenvalue weighted by molar-refractivity contribution is -0.125. The fraction of sp³-hybridized carbons (Fsp3) is 0.409. The molecule has 1 aliphatic heterocycles. The van der Waals surface area contributed by atoms with Crippen molar-refractivity contribution in [2.45, 2.75) is 26.3 Å². The van der Waals surface area contributed by atoms with Crippen LogP contribution in [0, 0.1) is 5.92 Å². The Morgan fingerprint density at radius 3 is 2.77 bits per heavy atom. The van der Waals surface area contributed by atoms with E-state index in [4.69, 9.17) is 9.47 Å². The summed E-state index contributed by atoms with van der Waals surface area (Å²) < 4.78 is 12.9. The first-order valence-corrected chi connectivity index (χ1v) is 10.3. The van der Waals surface area contributed by atoms with Gasteiger partial charge in [-0.2, -0.15) is 0 Å². The Morgan fingerprint density at radius 1 is 1.17 bits per heavy atom. The van der Waals surface area contributed by atoms with Gasteiger partial charge in [-0.25, -0.2) is 0 Å². The van der Waals surface area contributed by atoms with Crippen molar-refractivity contribution in [1.82, 2.24) is 19.9 Å². The monoisotopic (exact) mass is 409 g/mol. The Morgan fingerprint density at radius 2 is 2.00 bits per heavy atom. The topological polar surface area (TPSA) is 81.0 Å². The molecule has 1 aliphatic rings. The predicted octanol–water partition coefficient (Wildman–Crippen LogP) is 2.67. The standard InChI is InChI=1S/C22H27N5O3/c1-3-30-19-14-16(7-8-18(19)29-2)15-23-21(28)17-9-12-26(13-10-17)22-25-24-20-6-4-5-11-27(20)22/h4-8,11,14,17H,3,9-10,12-13,15H2,1-2H3,(H,23,28). The van der Waals surface area contributed by atoms with Gasteiger partial charge >= 0.3 is 0 Å². The van der Waals surface area contributed by atoms with Crippen LogP contribution in [-0.4, -0.2) is 47.3 Å². The maximum atomic E-state index is 12.7. The fourth-order valence-electron chi connectivity index (χ4n) is 3.82. The number of anilines is 1. The number of hydrogen-bond acceptors (Lipinski definition) is 6. The van der Waals surface area contributed by atoms with Crippen molar-refractivity contribution in [2.24, 2.45) is 5.92 Å². The minimum atomic E-state index is 0.00467. The zero-order valence-corrected chi connectivity index (χ0v) is 17.4. The number of benzene rings is 1. The molecule has 4 rings (SSSR count). The van der Waals surface area contributed by atoms with Gasteiger partial charge in [-0.05, 0) is 49.6 Å². The molecule has 1 fully saturated rings. The van der Waals surface area contributed by atoms with Gasteiger partial charge < -0.3 is 19.7 Å². The Labute approximate surface area is 175 Å². The van der Waals surface area contributed by atoms with E-state index in [9.17, 15) is 4.79 Å². The Bertz CT molecular complexity index is 1010. The van der Waals surface area contributed by atoms with Gasteiger partial charge in [0.2, 0.25) is 11.9 Å². The van der Waals surface area contributed by atoms with Crippen molar-refractivity contribution in [3.8, 4) is 11.5 Å². The van der Waals surface area contributed by atoms with Crippen LogP contribution in [0.1, 0.15) is 25.3 Å². The molecule has 1 saturated heterocycles. The van der Waals surface area contributed by atoms with Crippen molar-refractivity contribution in [1.29, 1.82) is 0 Å². The summed E-state index contributed by atoms with van der Waals surface area (Å²) in [5, 5.41) is 11.6. The molecule has 0 spiro atoms. The van der Waals surface area contributed by atoms with E-state index in [-0.39, 0.29) is 11.8 Å². The first-order valence-electron chi connectivity index (χ1n) is 10.3. The highest BCUT2D eigenvalue weighted by atomic mass is 16.5. The zero-order valence-electron chi connectivity index (χ0n) is 17.4. The number of pyridine rings is 1. The molecular weight excluding hydrogens is 382 g/mol. The summed E-state index contributed by atoms with van der Waals surface area (Å²) in [7, 11) is 1.62. The Balaban J connectivity index is 1.32. The number of hydrogen-bond donors (Lipinski definition) is 1. The zero-order chi connectivity index (χ0) is 20.9. The van der Waals surface area contributed by atoms with Crippen molar-refractivity contribution < 1.29 is 14.3 Å². The molecule has 30 heavy (non-hydrogen) atoms. The Hall–Kier alpha value is -3.29. The van der Waals surface area contributed by atoms with Crippen LogP contribution in [0.4, 0.5) is 5.95 Å². The van der Waals surface area contributed by atoms with E-state index >= 15 is 0 Å². The number of nitrogens with zero attached hydrogens (tertiary/aromatic N) is 4. The van der Waals surface area contributed by atoms with Crippen molar-refractivity contribution >= 4 is 17.5 Å². The number of ether oxygens (including phenoxy) is 2. The number of nitrogens with one attached hydrogen (secondary N) is 1. The molecule has 0 radical (unpaired) electrons. The number of methoxy groups -OCH3 is 1. The van der Waals surface area contributed by atoms with Crippen molar-refractivity contribution in [2.75, 3.05) is 31.7 Å². The smallest absolute Gasteiger partial charge is 0.231 e. The van der Waals surface area contributed by atoms with E-state index in [2.05, 4.69) is 20.4 Å². The largest absolute Gasteiger partial charge is 0.493 e. The summed E-state index contributed by atoms with van der Waals surface area (Å²) in [5.41, 5.74) is 1.82. The highest BCUT2D eigenvalue weighted by Gasteiger charge is 2.27. The summed E-state index contributed by atoms with van der Waals surface area (Å²) in [6, 6.07) is 11.6. The van der Waals surface area contributed by atoms with Crippen LogP contribution in [0.25, 0.3) is 5.65 Å². The van der Waals surface area contributed by atoms with Gasteiger partial charge in [0.25, 0.3) is 0 Å². The fourth-order valence-corrected chi connectivity index (χ4v) is 3.82. The maximum absolute atomic E-state index is 12.7. The van der Waals surface area contributed by atoms with Crippen LogP contribution in [0.5, 0.6) is 11.5 Å². The van der Waals surface area contributed by atoms with Crippen LogP contribution in [0.15, 0.2) is 42.6 Å². The van der Waals surface area contributed by atoms with E-state index in [1.54, 1.807) is 7.11 Å². The number of rotatable bonds is 7. The third kappa shape index (κ3) is 4.17. The van der Waals surface area contributed by atoms with Gasteiger partial charge in [0.1, 0.15) is 0 Å². The van der Waals surface area contributed by atoms with Crippen molar-refractivity contribution in [3.63, 3.8) is 0 Å². The molecule has 1 amide bonds. The van der Waals surface area contributed by atoms with Crippen LogP contribution < -0.4 is 19.7 Å². The summed E-state index contributed by atoms with van der Waals surface area (Å²) in [6.45, 7) is 4.53. The molecule has 1 aromatic carbocycles. The molecule has 3 heterocycles. The van der Waals surface area contributed by atoms with Gasteiger partial charge in [0.15, 0.2) is 17.1 Å². The molecule has 8 heteroatoms. The molecule has 2 aromatic heterocycles. The minimum Gasteiger partial charge on any atom is -0.493 e. The third-order valence-corrected chi connectivity index (χ3v) is 5.44. The van der Waals surface area contributed by atoms with E-state index in [1.807, 2.05) is 53.9 Å². The molecule has 1 N–H and O–H groups in total. The van der Waals surface area contributed by atoms with Gasteiger partial charge in [0, 0.05) is 31.7 Å². The highest BCUT2D eigenvalue weighted by Crippen LogP contribution is 2.28. The van der Waals surface area contributed by atoms with Crippen LogP contribution in [0.3, 0.4) is 0 Å². The SMILES string of the molecule is CCOc1cc(CNC(=O)C2CCN(c3nnc4ccccn34)CC2)ccc1OC. The minimum absolute atomic E-state index is 0.00467. The van der Waals surface area contributed by atoms with Gasteiger partial charge in [-0.15, -0.1) is 10.2 Å². The first-order chi connectivity index (χ1) is 14.7. The van der Waals surface area contributed by atoms with E-state index in [1.165, 1.54) is 0 Å². The molecule has 0 atom stereocenters. The summed E-state index contributed by atoms with van der Waals surface area (Å²) >= 11 is 0. The number of aromatic nitrogens is 3. The maximum Gasteiger partial charge on any atom is 0.231 e. The molecule has 0 saturated carbocycles. The number of carbonyl (C=O) groups excluding carboxylic acids is 1. The predicted molar refractivity (Wildman–Crippen MR) is 114 cm³/mol. The van der Waals surface area contributed by atoms with Crippen molar-refractivity contribution in [3.05, 3.63) is 48.2 Å². The summed E-state index contributed by atoms with van der Waals surface area (Å²) in [6.07, 6.45) is 3.55. The average Bonchev–Trinajstić information content (AvgIpc) is 3.22. The summed E-state index contributed by atoms with van der Waals surface area (Å²) in [4.78, 5) is 14.9. The second kappa shape index (κ2) is 9.02. The molecule has 3 aromatic rings. The van der Waals surface area contributed by atoms with Crippen LogP contribution >= 0.6 is 0 Å². The molecule has 0 unspecified atom stereocenters. The van der Waals surface area contributed by atoms with E-state index in [0.717, 1.165) is 43.1 Å². The lowest BCUT2D eigenvalue weighted by atomic mass is 9.96. The lowest BCUT2D eigenvalue weighted by Gasteiger charge is -2.31. The quantitative estimate of drug-likeness (QED) is 0.646. The van der Waals surface area contributed by atoms with Gasteiger partial charge in [0.05, 0.1) is 13.7 Å². The molecule has 8 nitrogen and oxygen atoms in total. The van der Waals surface area contributed by atoms with E-state index in [0.29, 0.717) is 24.7 Å². The number of fused-ring (bicyclic) bond motifs is 1. The summed E-state index contributed by atoms with van der Waals surface area (Å²) in [5.74, 6) is 2.33. The third-order valence-electron chi connectivity index (χ3n) is 5.44. The second-order valence-corrected chi connectivity index (χ2v) is 7.33. The van der Waals surface area contributed by atoms with Crippen LogP contribution in [0.2, 0.25) is 0 Å². The molecule has 0 bridgehead atoms. The highest BCUT2D eigenvalue weighted by molar-refractivity contribution is 5.79. The molecule has 158 valence electrons. The second-order valence-electron chi connectivity index (χ2n) is 7.33. The van der Waals surface area contributed by atoms with E-state index < -0.39 is 0 Å². The van der Waals surface area contributed by atoms with Crippen LogP contribution in [-0.2, 0) is 11.3 Å². The first kappa shape index (κ1) is 20.0. The Kier molecular flexibility index (Phi) is 6.02.